The molecule has 3 nitrogen and oxygen atoms in total. The number of rotatable bonds is 8. The zero-order valence-corrected chi connectivity index (χ0v) is 12.8. The first-order valence-electron chi connectivity index (χ1n) is 7.12. The zero-order chi connectivity index (χ0) is 14.2. The molecule has 0 bridgehead atoms. The molecule has 0 saturated carbocycles. The van der Waals surface area contributed by atoms with Crippen molar-refractivity contribution in [2.24, 2.45) is 0 Å². The van der Waals surface area contributed by atoms with Crippen LogP contribution in [0.2, 0.25) is 0 Å². The van der Waals surface area contributed by atoms with Gasteiger partial charge in [-0.25, -0.2) is 4.98 Å². The maximum Gasteiger partial charge on any atom is 0.0932 e. The number of benzene rings is 1. The van der Waals surface area contributed by atoms with E-state index in [1.807, 2.05) is 6.07 Å². The third-order valence-electron chi connectivity index (χ3n) is 3.32. The Morgan fingerprint density at radius 3 is 2.70 bits per heavy atom. The molecule has 1 heterocycles. The molecule has 0 aliphatic heterocycles. The number of aryl methyl sites for hydroxylation is 2. The van der Waals surface area contributed by atoms with Crippen molar-refractivity contribution < 1.29 is 5.11 Å². The van der Waals surface area contributed by atoms with Gasteiger partial charge in [0.25, 0.3) is 0 Å². The van der Waals surface area contributed by atoms with E-state index < -0.39 is 0 Å². The van der Waals surface area contributed by atoms with E-state index in [0.29, 0.717) is 6.54 Å². The normalized spacial score (nSPS) is 11.2. The number of aliphatic hydroxyl groups is 1. The maximum absolute atomic E-state index is 9.00. The zero-order valence-electron chi connectivity index (χ0n) is 12.0. The van der Waals surface area contributed by atoms with E-state index >= 15 is 0 Å². The molecule has 1 aromatic carbocycles. The summed E-state index contributed by atoms with van der Waals surface area (Å²) in [6.45, 7) is 4.81. The summed E-state index contributed by atoms with van der Waals surface area (Å²) in [5, 5.41) is 12.3. The van der Waals surface area contributed by atoms with Gasteiger partial charge in [-0.2, -0.15) is 0 Å². The lowest BCUT2D eigenvalue weighted by molar-refractivity contribution is 0.195. The Balaban J connectivity index is 1.85. The molecule has 1 aromatic heterocycles. The Morgan fingerprint density at radius 2 is 2.00 bits per heavy atom. The van der Waals surface area contributed by atoms with Crippen LogP contribution < -0.4 is 0 Å². The lowest BCUT2D eigenvalue weighted by Crippen LogP contribution is -2.26. The highest BCUT2D eigenvalue weighted by Crippen LogP contribution is 2.14. The molecule has 0 fully saturated rings. The Hall–Kier alpha value is -1.23. The Morgan fingerprint density at radius 1 is 1.20 bits per heavy atom. The molecular weight excluding hydrogens is 268 g/mol. The van der Waals surface area contributed by atoms with Gasteiger partial charge < -0.3 is 5.11 Å². The molecule has 2 aromatic rings. The lowest BCUT2D eigenvalue weighted by Gasteiger charge is -2.17. The summed E-state index contributed by atoms with van der Waals surface area (Å²) in [7, 11) is 0. The van der Waals surface area contributed by atoms with Gasteiger partial charge in [-0.1, -0.05) is 37.3 Å². The fourth-order valence-electron chi connectivity index (χ4n) is 2.15. The molecule has 0 amide bonds. The average molecular weight is 290 g/mol. The first-order valence-corrected chi connectivity index (χ1v) is 8.00. The predicted molar refractivity (Wildman–Crippen MR) is 84.0 cm³/mol. The summed E-state index contributed by atoms with van der Waals surface area (Å²) in [6.07, 6.45) is 2.04. The molecule has 0 unspecified atom stereocenters. The summed E-state index contributed by atoms with van der Waals surface area (Å²) in [5.41, 5.74) is 2.48. The van der Waals surface area contributed by atoms with E-state index in [1.54, 1.807) is 11.3 Å². The number of nitrogens with zero attached hydrogens (tertiary/aromatic N) is 2. The van der Waals surface area contributed by atoms with Gasteiger partial charge >= 0.3 is 0 Å². The van der Waals surface area contributed by atoms with E-state index in [2.05, 4.69) is 41.5 Å². The van der Waals surface area contributed by atoms with Crippen LogP contribution in [0.15, 0.2) is 35.7 Å². The molecule has 2 rings (SSSR count). The fourth-order valence-corrected chi connectivity index (χ4v) is 2.94. The molecule has 0 saturated heterocycles. The Labute approximate surface area is 124 Å². The number of likely N-dealkylation sites (N-methyl/N-ethyl adjacent to an activating group) is 1. The van der Waals surface area contributed by atoms with Crippen LogP contribution in [0, 0.1) is 0 Å². The van der Waals surface area contributed by atoms with E-state index in [1.165, 1.54) is 10.6 Å². The predicted octanol–water partition coefficient (Wildman–Crippen LogP) is 2.74. The van der Waals surface area contributed by atoms with Crippen LogP contribution in [0.4, 0.5) is 0 Å². The van der Waals surface area contributed by atoms with Crippen molar-refractivity contribution in [3.05, 3.63) is 52.0 Å². The topological polar surface area (TPSA) is 36.4 Å². The second-order valence-corrected chi connectivity index (χ2v) is 5.75. The number of thiazole rings is 1. The molecule has 20 heavy (non-hydrogen) atoms. The summed E-state index contributed by atoms with van der Waals surface area (Å²) >= 11 is 1.74. The van der Waals surface area contributed by atoms with Crippen LogP contribution in [0.5, 0.6) is 0 Å². The fraction of sp³-hybridized carbons (Fsp3) is 0.438. The van der Waals surface area contributed by atoms with Crippen LogP contribution in [-0.4, -0.2) is 34.7 Å². The highest BCUT2D eigenvalue weighted by Gasteiger charge is 2.07. The van der Waals surface area contributed by atoms with Crippen molar-refractivity contribution in [3.63, 3.8) is 0 Å². The van der Waals surface area contributed by atoms with Crippen molar-refractivity contribution in [1.82, 2.24) is 9.88 Å². The molecule has 0 aliphatic rings. The molecular formula is C16H22N2OS. The molecule has 0 aliphatic carbocycles. The van der Waals surface area contributed by atoms with Gasteiger partial charge in [0.1, 0.15) is 0 Å². The quantitative estimate of drug-likeness (QED) is 0.812. The van der Waals surface area contributed by atoms with Crippen LogP contribution in [-0.2, 0) is 19.4 Å². The van der Waals surface area contributed by atoms with Crippen molar-refractivity contribution in [3.8, 4) is 0 Å². The van der Waals surface area contributed by atoms with Gasteiger partial charge in [-0.3, -0.25) is 4.90 Å². The average Bonchev–Trinajstić information content (AvgIpc) is 2.93. The van der Waals surface area contributed by atoms with E-state index in [9.17, 15) is 0 Å². The SMILES string of the molecule is CCN(CCO)Cc1csc(CCc2ccccc2)n1. The van der Waals surface area contributed by atoms with Gasteiger partial charge in [0.05, 0.1) is 17.3 Å². The van der Waals surface area contributed by atoms with Crippen LogP contribution in [0.3, 0.4) is 0 Å². The maximum atomic E-state index is 9.00. The number of hydrogen-bond acceptors (Lipinski definition) is 4. The summed E-state index contributed by atoms with van der Waals surface area (Å²) < 4.78 is 0. The standard InChI is InChI=1S/C16H22N2OS/c1-2-18(10-11-19)12-15-13-20-16(17-15)9-8-14-6-4-3-5-7-14/h3-7,13,19H,2,8-12H2,1H3. The minimum absolute atomic E-state index is 0.207. The second kappa shape index (κ2) is 8.15. The van der Waals surface area contributed by atoms with Gasteiger partial charge in [0, 0.05) is 24.9 Å². The summed E-state index contributed by atoms with van der Waals surface area (Å²) in [6, 6.07) is 10.5. The molecule has 108 valence electrons. The molecule has 4 heteroatoms. The van der Waals surface area contributed by atoms with E-state index in [0.717, 1.165) is 31.6 Å². The number of aliphatic hydroxyl groups excluding tert-OH is 1. The second-order valence-electron chi connectivity index (χ2n) is 4.81. The van der Waals surface area contributed by atoms with Crippen LogP contribution in [0.25, 0.3) is 0 Å². The van der Waals surface area contributed by atoms with Crippen molar-refractivity contribution in [1.29, 1.82) is 0 Å². The lowest BCUT2D eigenvalue weighted by atomic mass is 10.1. The molecule has 0 radical (unpaired) electrons. The molecule has 0 atom stereocenters. The van der Waals surface area contributed by atoms with Crippen molar-refractivity contribution in [2.45, 2.75) is 26.3 Å². The van der Waals surface area contributed by atoms with Crippen molar-refractivity contribution in [2.75, 3.05) is 19.7 Å². The highest BCUT2D eigenvalue weighted by molar-refractivity contribution is 7.09. The van der Waals surface area contributed by atoms with Crippen molar-refractivity contribution >= 4 is 11.3 Å². The van der Waals surface area contributed by atoms with E-state index in [4.69, 9.17) is 10.1 Å². The first-order chi connectivity index (χ1) is 9.81. The monoisotopic (exact) mass is 290 g/mol. The summed E-state index contributed by atoms with van der Waals surface area (Å²) in [4.78, 5) is 6.89. The minimum atomic E-state index is 0.207. The van der Waals surface area contributed by atoms with Crippen LogP contribution >= 0.6 is 11.3 Å². The third kappa shape index (κ3) is 4.71. The minimum Gasteiger partial charge on any atom is -0.395 e. The summed E-state index contributed by atoms with van der Waals surface area (Å²) in [5.74, 6) is 0. The van der Waals surface area contributed by atoms with Crippen LogP contribution in [0.1, 0.15) is 23.2 Å². The van der Waals surface area contributed by atoms with Gasteiger partial charge in [-0.15, -0.1) is 11.3 Å². The van der Waals surface area contributed by atoms with Gasteiger partial charge in [0.15, 0.2) is 0 Å². The smallest absolute Gasteiger partial charge is 0.0932 e. The number of aromatic nitrogens is 1. The largest absolute Gasteiger partial charge is 0.395 e. The Kier molecular flexibility index (Phi) is 6.18. The van der Waals surface area contributed by atoms with E-state index in [-0.39, 0.29) is 6.61 Å². The molecule has 1 N–H and O–H groups in total. The third-order valence-corrected chi connectivity index (χ3v) is 4.28. The molecule has 0 spiro atoms. The number of hydrogen-bond donors (Lipinski definition) is 1. The first kappa shape index (κ1) is 15.2. The van der Waals surface area contributed by atoms with Gasteiger partial charge in [-0.05, 0) is 18.5 Å². The van der Waals surface area contributed by atoms with Gasteiger partial charge in [0.2, 0.25) is 0 Å². The highest BCUT2D eigenvalue weighted by atomic mass is 32.1. The Bertz CT molecular complexity index is 498.